The van der Waals surface area contributed by atoms with Gasteiger partial charge in [0, 0.05) is 17.4 Å². The molecule has 0 saturated heterocycles. The Hall–Kier alpha value is -3.20. The number of hydrogen-bond donors (Lipinski definition) is 3. The molecule has 0 atom stereocenters. The Balaban J connectivity index is 1.87. The number of thiophene rings is 1. The maximum absolute atomic E-state index is 12.8. The van der Waals surface area contributed by atoms with Crippen molar-refractivity contribution in [3.8, 4) is 0 Å². The van der Waals surface area contributed by atoms with Crippen LogP contribution in [0.2, 0.25) is 0 Å². The van der Waals surface area contributed by atoms with Crippen LogP contribution in [0, 0.1) is 0 Å². The average molecular weight is 429 g/mol. The number of amides is 3. The monoisotopic (exact) mass is 429 g/mol. The van der Waals surface area contributed by atoms with Gasteiger partial charge in [-0.25, -0.2) is 4.79 Å². The van der Waals surface area contributed by atoms with Crippen molar-refractivity contribution in [2.45, 2.75) is 39.0 Å². The molecule has 9 heteroatoms. The van der Waals surface area contributed by atoms with Crippen molar-refractivity contribution < 1.29 is 23.9 Å². The lowest BCUT2D eigenvalue weighted by atomic mass is 10.0. The van der Waals surface area contributed by atoms with Crippen molar-refractivity contribution in [1.82, 2.24) is 10.9 Å². The predicted octanol–water partition coefficient (Wildman–Crippen LogP) is 2.84. The Kier molecular flexibility index (Phi) is 6.83. The van der Waals surface area contributed by atoms with E-state index in [4.69, 9.17) is 0 Å². The van der Waals surface area contributed by atoms with E-state index in [0.717, 1.165) is 42.5 Å². The second kappa shape index (κ2) is 9.53. The second-order valence-electron chi connectivity index (χ2n) is 6.93. The minimum atomic E-state index is -0.485. The van der Waals surface area contributed by atoms with Crippen LogP contribution in [0.1, 0.15) is 67.7 Å². The SMILES string of the molecule is COC(=O)c1ccc(C(=O)Nc2sc3c(c2C(=O)NNC(C)=O)CCCCC3)cc1. The van der Waals surface area contributed by atoms with Crippen LogP contribution in [0.4, 0.5) is 5.00 Å². The molecule has 1 aliphatic carbocycles. The summed E-state index contributed by atoms with van der Waals surface area (Å²) in [4.78, 5) is 49.3. The van der Waals surface area contributed by atoms with E-state index in [1.807, 2.05) is 0 Å². The Morgan fingerprint density at radius 1 is 0.900 bits per heavy atom. The number of fused-ring (bicyclic) bond motifs is 1. The van der Waals surface area contributed by atoms with Gasteiger partial charge in [0.05, 0.1) is 18.2 Å². The molecule has 3 N–H and O–H groups in total. The van der Waals surface area contributed by atoms with Gasteiger partial charge >= 0.3 is 5.97 Å². The third kappa shape index (κ3) is 4.85. The molecule has 158 valence electrons. The molecule has 1 aromatic carbocycles. The summed E-state index contributed by atoms with van der Waals surface area (Å²) in [6.45, 7) is 1.30. The topological polar surface area (TPSA) is 114 Å². The second-order valence-corrected chi connectivity index (χ2v) is 8.03. The van der Waals surface area contributed by atoms with Gasteiger partial charge in [-0.05, 0) is 55.5 Å². The highest BCUT2D eigenvalue weighted by atomic mass is 32.1. The average Bonchev–Trinajstić information content (AvgIpc) is 2.91. The first-order chi connectivity index (χ1) is 14.4. The smallest absolute Gasteiger partial charge is 0.337 e. The molecule has 1 aromatic heterocycles. The van der Waals surface area contributed by atoms with E-state index >= 15 is 0 Å². The van der Waals surface area contributed by atoms with E-state index in [1.165, 1.54) is 49.6 Å². The molecule has 0 unspecified atom stereocenters. The van der Waals surface area contributed by atoms with E-state index in [9.17, 15) is 19.2 Å². The van der Waals surface area contributed by atoms with Gasteiger partial charge in [-0.1, -0.05) is 6.42 Å². The van der Waals surface area contributed by atoms with Crippen LogP contribution >= 0.6 is 11.3 Å². The number of ether oxygens (including phenoxy) is 1. The van der Waals surface area contributed by atoms with E-state index in [2.05, 4.69) is 20.9 Å². The van der Waals surface area contributed by atoms with Crippen LogP contribution in [0.25, 0.3) is 0 Å². The van der Waals surface area contributed by atoms with Crippen molar-refractivity contribution in [3.05, 3.63) is 51.4 Å². The van der Waals surface area contributed by atoms with E-state index < -0.39 is 17.8 Å². The molecule has 3 rings (SSSR count). The van der Waals surface area contributed by atoms with Crippen molar-refractivity contribution in [1.29, 1.82) is 0 Å². The van der Waals surface area contributed by atoms with Crippen molar-refractivity contribution >= 4 is 40.0 Å². The van der Waals surface area contributed by atoms with Gasteiger partial charge in [-0.2, -0.15) is 0 Å². The van der Waals surface area contributed by atoms with Crippen LogP contribution < -0.4 is 16.2 Å². The molecule has 2 aromatic rings. The first kappa shape index (κ1) is 21.5. The Morgan fingerprint density at radius 3 is 2.23 bits per heavy atom. The van der Waals surface area contributed by atoms with Crippen molar-refractivity contribution in [2.24, 2.45) is 0 Å². The molecule has 8 nitrogen and oxygen atoms in total. The zero-order valence-corrected chi connectivity index (χ0v) is 17.6. The number of nitrogens with one attached hydrogen (secondary N) is 3. The lowest BCUT2D eigenvalue weighted by Crippen LogP contribution is -2.40. The standard InChI is InChI=1S/C21H23N3O5S/c1-12(25)23-24-19(27)17-15-6-4-3-5-7-16(15)30-20(17)22-18(26)13-8-10-14(11-9-13)21(28)29-2/h8-11H,3-7H2,1-2H3,(H,22,26)(H,23,25)(H,24,27). The van der Waals surface area contributed by atoms with Gasteiger partial charge in [-0.15, -0.1) is 11.3 Å². The summed E-state index contributed by atoms with van der Waals surface area (Å²) in [7, 11) is 1.29. The van der Waals surface area contributed by atoms with Crippen LogP contribution in [0.5, 0.6) is 0 Å². The molecule has 1 heterocycles. The minimum absolute atomic E-state index is 0.340. The number of carbonyl (C=O) groups excluding carboxylic acids is 4. The highest BCUT2D eigenvalue weighted by molar-refractivity contribution is 7.17. The summed E-state index contributed by atoms with van der Waals surface area (Å²) in [5.41, 5.74) is 6.71. The Labute approximate surface area is 178 Å². The molecule has 30 heavy (non-hydrogen) atoms. The summed E-state index contributed by atoms with van der Waals surface area (Å²) >= 11 is 1.39. The fraction of sp³-hybridized carbons (Fsp3) is 0.333. The van der Waals surface area contributed by atoms with Gasteiger partial charge in [0.25, 0.3) is 11.8 Å². The third-order valence-corrected chi connectivity index (χ3v) is 6.00. The van der Waals surface area contributed by atoms with Gasteiger partial charge in [0.2, 0.25) is 5.91 Å². The van der Waals surface area contributed by atoms with E-state index in [0.29, 0.717) is 21.7 Å². The van der Waals surface area contributed by atoms with Gasteiger partial charge in [0.15, 0.2) is 0 Å². The van der Waals surface area contributed by atoms with E-state index in [-0.39, 0.29) is 5.91 Å². The van der Waals surface area contributed by atoms with Crippen molar-refractivity contribution in [2.75, 3.05) is 12.4 Å². The molecule has 0 radical (unpaired) electrons. The first-order valence-electron chi connectivity index (χ1n) is 9.62. The zero-order valence-electron chi connectivity index (χ0n) is 16.8. The van der Waals surface area contributed by atoms with Gasteiger partial charge in [0.1, 0.15) is 5.00 Å². The molecule has 0 saturated carbocycles. The van der Waals surface area contributed by atoms with Crippen LogP contribution in [0.15, 0.2) is 24.3 Å². The van der Waals surface area contributed by atoms with Gasteiger partial charge < -0.3 is 10.1 Å². The number of hydrazine groups is 1. The maximum Gasteiger partial charge on any atom is 0.337 e. The number of anilines is 1. The molecule has 0 spiro atoms. The lowest BCUT2D eigenvalue weighted by Gasteiger charge is -2.10. The minimum Gasteiger partial charge on any atom is -0.465 e. The normalized spacial score (nSPS) is 12.9. The Bertz CT molecular complexity index is 981. The summed E-state index contributed by atoms with van der Waals surface area (Å²) in [6, 6.07) is 6.07. The molecule has 0 aliphatic heterocycles. The third-order valence-electron chi connectivity index (χ3n) is 4.80. The molecule has 0 bridgehead atoms. The molecule has 1 aliphatic rings. The number of carbonyl (C=O) groups is 4. The van der Waals surface area contributed by atoms with Gasteiger partial charge in [-0.3, -0.25) is 25.2 Å². The summed E-state index contributed by atoms with van der Waals surface area (Å²) in [5, 5.41) is 3.28. The van der Waals surface area contributed by atoms with Crippen molar-refractivity contribution in [3.63, 3.8) is 0 Å². The lowest BCUT2D eigenvalue weighted by molar-refractivity contribution is -0.119. The quantitative estimate of drug-likeness (QED) is 0.393. The summed E-state index contributed by atoms with van der Waals surface area (Å²) < 4.78 is 4.66. The number of rotatable bonds is 4. The molecule has 3 amide bonds. The number of benzene rings is 1. The van der Waals surface area contributed by atoms with Crippen LogP contribution in [-0.2, 0) is 22.4 Å². The first-order valence-corrected chi connectivity index (χ1v) is 10.4. The number of esters is 1. The van der Waals surface area contributed by atoms with E-state index in [1.54, 1.807) is 0 Å². The summed E-state index contributed by atoms with van der Waals surface area (Å²) in [6.07, 6.45) is 4.68. The predicted molar refractivity (Wildman–Crippen MR) is 113 cm³/mol. The number of methoxy groups -OCH3 is 1. The molecular formula is C21H23N3O5S. The number of hydrogen-bond acceptors (Lipinski definition) is 6. The van der Waals surface area contributed by atoms with Crippen LogP contribution in [-0.4, -0.2) is 30.8 Å². The summed E-state index contributed by atoms with van der Waals surface area (Å²) in [5.74, 6) is -1.72. The number of aryl methyl sites for hydroxylation is 1. The maximum atomic E-state index is 12.8. The fourth-order valence-corrected chi connectivity index (χ4v) is 4.61. The molecular weight excluding hydrogens is 406 g/mol. The largest absolute Gasteiger partial charge is 0.465 e. The highest BCUT2D eigenvalue weighted by Crippen LogP contribution is 2.37. The zero-order chi connectivity index (χ0) is 21.7. The molecule has 0 fully saturated rings. The fourth-order valence-electron chi connectivity index (χ4n) is 3.33. The highest BCUT2D eigenvalue weighted by Gasteiger charge is 2.26. The van der Waals surface area contributed by atoms with Crippen LogP contribution in [0.3, 0.4) is 0 Å². The Morgan fingerprint density at radius 2 is 1.57 bits per heavy atom.